The molecule has 302 valence electrons. The summed E-state index contributed by atoms with van der Waals surface area (Å²) in [6.45, 7) is 3.63. The molecule has 0 unspecified atom stereocenters. The number of hydrogen-bond acceptors (Lipinski definition) is 6. The summed E-state index contributed by atoms with van der Waals surface area (Å²) in [7, 11) is 1.25. The summed E-state index contributed by atoms with van der Waals surface area (Å²) in [6.07, 6.45) is 6.05. The van der Waals surface area contributed by atoms with Crippen LogP contribution in [0.1, 0.15) is 69.0 Å². The van der Waals surface area contributed by atoms with Crippen LogP contribution < -0.4 is 16.0 Å². The van der Waals surface area contributed by atoms with Crippen molar-refractivity contribution in [3.63, 3.8) is 0 Å². The molecule has 0 radical (unpaired) electrons. The molecule has 7 rings (SSSR count). The third-order valence-corrected chi connectivity index (χ3v) is 11.4. The van der Waals surface area contributed by atoms with Crippen LogP contribution in [0.25, 0.3) is 21.8 Å². The zero-order valence-corrected chi connectivity index (χ0v) is 33.2. The fourth-order valence-electron chi connectivity index (χ4n) is 8.52. The Balaban J connectivity index is 1.11. The molecule has 2 fully saturated rings. The van der Waals surface area contributed by atoms with Crippen LogP contribution in [0.4, 0.5) is 16.2 Å². The van der Waals surface area contributed by atoms with Gasteiger partial charge in [0.2, 0.25) is 17.7 Å². The van der Waals surface area contributed by atoms with Gasteiger partial charge in [-0.15, -0.1) is 0 Å². The highest BCUT2D eigenvalue weighted by Gasteiger charge is 2.38. The zero-order chi connectivity index (χ0) is 40.6. The number of nitrogens with zero attached hydrogens (tertiary/aromatic N) is 3. The fourth-order valence-corrected chi connectivity index (χ4v) is 8.52. The number of benzene rings is 4. The van der Waals surface area contributed by atoms with Gasteiger partial charge in [-0.3, -0.25) is 19.2 Å². The molecule has 58 heavy (non-hydrogen) atoms. The van der Waals surface area contributed by atoms with E-state index in [1.165, 1.54) is 20.0 Å². The molecule has 3 N–H and O–H groups in total. The largest absolute Gasteiger partial charge is 0.453 e. The molecule has 2 heterocycles. The lowest BCUT2D eigenvalue weighted by atomic mass is 10.0. The Labute approximate surface area is 338 Å². The second-order valence-electron chi connectivity index (χ2n) is 15.4. The average Bonchev–Trinajstić information content (AvgIpc) is 4.01. The Bertz CT molecular complexity index is 2270. The maximum atomic E-state index is 14.0. The highest BCUT2D eigenvalue weighted by Crippen LogP contribution is 2.36. The lowest BCUT2D eigenvalue weighted by Crippen LogP contribution is -2.48. The summed E-state index contributed by atoms with van der Waals surface area (Å²) in [5.74, 6) is -0.507. The van der Waals surface area contributed by atoms with Crippen molar-refractivity contribution in [1.82, 2.24) is 19.7 Å². The third kappa shape index (κ3) is 9.17. The lowest BCUT2D eigenvalue weighted by molar-refractivity contribution is -0.138. The highest BCUT2D eigenvalue weighted by molar-refractivity contribution is 6.11. The van der Waals surface area contributed by atoms with Crippen molar-refractivity contribution in [1.29, 1.82) is 0 Å². The van der Waals surface area contributed by atoms with Gasteiger partial charge in [0.15, 0.2) is 0 Å². The quantitative estimate of drug-likeness (QED) is 0.107. The fraction of sp³-hybridized carbons (Fsp3) is 0.370. The molecule has 1 saturated carbocycles. The molecule has 12 heteroatoms. The van der Waals surface area contributed by atoms with E-state index in [9.17, 15) is 24.0 Å². The van der Waals surface area contributed by atoms with Gasteiger partial charge in [0.1, 0.15) is 12.1 Å². The summed E-state index contributed by atoms with van der Waals surface area (Å²) in [6, 6.07) is 28.6. The van der Waals surface area contributed by atoms with Crippen LogP contribution in [-0.4, -0.2) is 76.9 Å². The SMILES string of the molecule is CCCN(CC(=O)Nc1ccc2c3ccc(NC(=O)[C@@H]4CCCN4C(=O)[C@H](NC(=O)OC)c4ccccc4)cc3n(CC3CCCC3)c2c1)C(=O)Cc1ccccc1. The summed E-state index contributed by atoms with van der Waals surface area (Å²) in [5.41, 5.74) is 4.72. The molecule has 1 aliphatic heterocycles. The first-order valence-corrected chi connectivity index (χ1v) is 20.4. The van der Waals surface area contributed by atoms with E-state index in [1.54, 1.807) is 34.1 Å². The van der Waals surface area contributed by atoms with E-state index in [-0.39, 0.29) is 36.6 Å². The summed E-state index contributed by atoms with van der Waals surface area (Å²) < 4.78 is 7.11. The molecule has 4 aromatic carbocycles. The lowest BCUT2D eigenvalue weighted by Gasteiger charge is -2.28. The average molecular weight is 785 g/mol. The smallest absolute Gasteiger partial charge is 0.407 e. The number of alkyl carbamates (subject to hydrolysis) is 1. The van der Waals surface area contributed by atoms with Crippen molar-refractivity contribution in [2.75, 3.05) is 37.4 Å². The van der Waals surface area contributed by atoms with Crippen LogP contribution in [0.15, 0.2) is 97.1 Å². The number of carbonyl (C=O) groups excluding carboxylic acids is 5. The first-order valence-electron chi connectivity index (χ1n) is 20.4. The van der Waals surface area contributed by atoms with Crippen molar-refractivity contribution < 1.29 is 28.7 Å². The van der Waals surface area contributed by atoms with Crippen LogP contribution in [0.5, 0.6) is 0 Å². The molecule has 0 spiro atoms. The molecule has 5 aromatic rings. The minimum atomic E-state index is -1.00. The standard InChI is InChI=1S/C46H52N6O6/c1-3-24-50(42(54)26-31-13-6-4-7-14-31)30-41(53)47-34-20-22-36-37-23-21-35(28-40(37)52(39(36)27-34)29-32-15-10-11-16-32)48-44(55)38-19-12-25-51(38)45(56)43(49-46(57)58-2)33-17-8-5-9-18-33/h4-9,13-14,17-18,20-23,27-28,32,38,43H,3,10-12,15-16,19,24-26,29-30H2,1-2H3,(H,47,53)(H,48,55)(H,49,57)/t38-,43+/m0/s1. The number of methoxy groups -OCH3 is 1. The van der Waals surface area contributed by atoms with Crippen molar-refractivity contribution in [3.8, 4) is 0 Å². The molecular weight excluding hydrogens is 733 g/mol. The molecule has 1 aliphatic carbocycles. The number of fused-ring (bicyclic) bond motifs is 3. The minimum absolute atomic E-state index is 0.0373. The first kappa shape index (κ1) is 40.0. The van der Waals surface area contributed by atoms with Gasteiger partial charge in [0.05, 0.1) is 31.1 Å². The maximum Gasteiger partial charge on any atom is 0.407 e. The number of anilines is 2. The highest BCUT2D eigenvalue weighted by atomic mass is 16.5. The van der Waals surface area contributed by atoms with Gasteiger partial charge in [0, 0.05) is 41.8 Å². The molecule has 5 amide bonds. The molecule has 1 aromatic heterocycles. The summed E-state index contributed by atoms with van der Waals surface area (Å²) in [5, 5.41) is 10.9. The normalized spacial score (nSPS) is 16.0. The van der Waals surface area contributed by atoms with E-state index < -0.39 is 18.2 Å². The van der Waals surface area contributed by atoms with Gasteiger partial charge < -0.3 is 35.1 Å². The van der Waals surface area contributed by atoms with Crippen LogP contribution in [0.2, 0.25) is 0 Å². The van der Waals surface area contributed by atoms with Crippen molar-refractivity contribution >= 4 is 62.9 Å². The van der Waals surface area contributed by atoms with Gasteiger partial charge >= 0.3 is 6.09 Å². The van der Waals surface area contributed by atoms with E-state index in [0.29, 0.717) is 48.8 Å². The number of amides is 5. The second-order valence-corrected chi connectivity index (χ2v) is 15.4. The Morgan fingerprint density at radius 1 is 0.793 bits per heavy atom. The third-order valence-electron chi connectivity index (χ3n) is 11.4. The van der Waals surface area contributed by atoms with E-state index in [1.807, 2.05) is 79.7 Å². The monoisotopic (exact) mass is 784 g/mol. The van der Waals surface area contributed by atoms with Crippen molar-refractivity contribution in [2.24, 2.45) is 5.92 Å². The predicted molar refractivity (Wildman–Crippen MR) is 225 cm³/mol. The Morgan fingerprint density at radius 3 is 2.07 bits per heavy atom. The molecule has 2 atom stereocenters. The Hall–Kier alpha value is -6.17. The number of nitrogens with one attached hydrogen (secondary N) is 3. The van der Waals surface area contributed by atoms with Crippen LogP contribution in [0.3, 0.4) is 0 Å². The zero-order valence-electron chi connectivity index (χ0n) is 33.2. The number of rotatable bonds is 14. The van der Waals surface area contributed by atoms with Crippen LogP contribution >= 0.6 is 0 Å². The second kappa shape index (κ2) is 18.4. The summed E-state index contributed by atoms with van der Waals surface area (Å²) >= 11 is 0. The van der Waals surface area contributed by atoms with Gasteiger partial charge in [0.25, 0.3) is 5.91 Å². The van der Waals surface area contributed by atoms with Gasteiger partial charge in [-0.1, -0.05) is 92.6 Å². The van der Waals surface area contributed by atoms with Crippen LogP contribution in [-0.2, 0) is 36.9 Å². The topological polar surface area (TPSA) is 142 Å². The molecule has 2 aliphatic rings. The van der Waals surface area contributed by atoms with Crippen LogP contribution in [0, 0.1) is 5.92 Å². The molecular formula is C46H52N6O6. The number of aromatic nitrogens is 1. The van der Waals surface area contributed by atoms with Crippen molar-refractivity contribution in [2.45, 2.75) is 76.9 Å². The van der Waals surface area contributed by atoms with Crippen molar-refractivity contribution in [3.05, 3.63) is 108 Å². The van der Waals surface area contributed by atoms with E-state index in [0.717, 1.165) is 53.2 Å². The van der Waals surface area contributed by atoms with Gasteiger partial charge in [-0.25, -0.2) is 4.79 Å². The number of hydrogen-bond donors (Lipinski definition) is 3. The predicted octanol–water partition coefficient (Wildman–Crippen LogP) is 7.43. The number of carbonyl (C=O) groups is 5. The van der Waals surface area contributed by atoms with E-state index in [4.69, 9.17) is 4.74 Å². The minimum Gasteiger partial charge on any atom is -0.453 e. The number of ether oxygens (including phenoxy) is 1. The maximum absolute atomic E-state index is 14.0. The first-order chi connectivity index (χ1) is 28.2. The van der Waals surface area contributed by atoms with E-state index >= 15 is 0 Å². The molecule has 1 saturated heterocycles. The number of likely N-dealkylation sites (tertiary alicyclic amines) is 1. The van der Waals surface area contributed by atoms with Gasteiger partial charge in [-0.2, -0.15) is 0 Å². The Morgan fingerprint density at radius 2 is 1.43 bits per heavy atom. The Kier molecular flexibility index (Phi) is 12.7. The summed E-state index contributed by atoms with van der Waals surface area (Å²) in [4.78, 5) is 69.9. The molecule has 0 bridgehead atoms. The van der Waals surface area contributed by atoms with Gasteiger partial charge in [-0.05, 0) is 73.4 Å². The van der Waals surface area contributed by atoms with E-state index in [2.05, 4.69) is 20.5 Å². The molecule has 12 nitrogen and oxygen atoms in total.